The van der Waals surface area contributed by atoms with Crippen LogP contribution < -0.4 is 4.72 Å². The lowest BCUT2D eigenvalue weighted by Crippen LogP contribution is -2.37. The number of nitrogens with one attached hydrogen (secondary N) is 1. The summed E-state index contributed by atoms with van der Waals surface area (Å²) >= 11 is 0. The first-order valence-corrected chi connectivity index (χ1v) is 8.86. The molecule has 0 bridgehead atoms. The number of oxazole rings is 1. The molecule has 0 radical (unpaired) electrons. The maximum absolute atomic E-state index is 12.2. The second kappa shape index (κ2) is 6.17. The van der Waals surface area contributed by atoms with E-state index in [-0.39, 0.29) is 19.0 Å². The summed E-state index contributed by atoms with van der Waals surface area (Å²) < 4.78 is 31.6. The Hall–Kier alpha value is -2.52. The summed E-state index contributed by atoms with van der Waals surface area (Å²) in [7, 11) is -3.69. The average molecular weight is 349 g/mol. The Balaban J connectivity index is 1.61. The molecule has 1 N–H and O–H groups in total. The lowest BCUT2D eigenvalue weighted by atomic mass is 10.1. The van der Waals surface area contributed by atoms with E-state index in [4.69, 9.17) is 4.42 Å². The Morgan fingerprint density at radius 3 is 2.33 bits per heavy atom. The number of carbonyl (C=O) groups is 2. The molecular weight excluding hydrogens is 334 g/mol. The van der Waals surface area contributed by atoms with Gasteiger partial charge in [-0.25, -0.2) is 18.1 Å². The largest absolute Gasteiger partial charge is 0.445 e. The molecule has 9 heteroatoms. The number of sulfonamides is 1. The molecular formula is C15H15N3O5S. The van der Waals surface area contributed by atoms with Crippen LogP contribution in [0.1, 0.15) is 32.4 Å². The Labute approximate surface area is 138 Å². The summed E-state index contributed by atoms with van der Waals surface area (Å²) in [4.78, 5) is 29.2. The van der Waals surface area contributed by atoms with Crippen LogP contribution in [0.25, 0.3) is 0 Å². The molecule has 0 saturated carbocycles. The molecule has 2 aromatic rings. The van der Waals surface area contributed by atoms with Crippen molar-refractivity contribution in [2.75, 3.05) is 12.3 Å². The van der Waals surface area contributed by atoms with Gasteiger partial charge in [0, 0.05) is 6.54 Å². The van der Waals surface area contributed by atoms with Crippen molar-refractivity contribution in [1.82, 2.24) is 14.6 Å². The fourth-order valence-electron chi connectivity index (χ4n) is 2.38. The van der Waals surface area contributed by atoms with Gasteiger partial charge in [-0.2, -0.15) is 0 Å². The molecule has 1 aromatic heterocycles. The number of fused-ring (bicyclic) bond motifs is 1. The van der Waals surface area contributed by atoms with E-state index in [1.54, 1.807) is 31.2 Å². The zero-order chi connectivity index (χ0) is 17.3. The zero-order valence-corrected chi connectivity index (χ0v) is 13.7. The van der Waals surface area contributed by atoms with Gasteiger partial charge in [-0.15, -0.1) is 0 Å². The van der Waals surface area contributed by atoms with E-state index >= 15 is 0 Å². The van der Waals surface area contributed by atoms with Gasteiger partial charge in [0.15, 0.2) is 0 Å². The highest BCUT2D eigenvalue weighted by molar-refractivity contribution is 7.89. The predicted molar refractivity (Wildman–Crippen MR) is 83.7 cm³/mol. The third-order valence-corrected chi connectivity index (χ3v) is 4.88. The lowest BCUT2D eigenvalue weighted by molar-refractivity contribution is 0.0664. The number of aromatic nitrogens is 1. The molecule has 0 atom stereocenters. The number of imide groups is 1. The Bertz CT molecular complexity index is 868. The SMILES string of the molecule is Cc1cnc(CNS(=O)(=O)CCN2C(=O)c3ccccc3C2=O)o1. The van der Waals surface area contributed by atoms with Gasteiger partial charge >= 0.3 is 0 Å². The third kappa shape index (κ3) is 3.22. The number of hydrogen-bond donors (Lipinski definition) is 1. The molecule has 0 spiro atoms. The smallest absolute Gasteiger partial charge is 0.261 e. The normalized spacial score (nSPS) is 14.3. The van der Waals surface area contributed by atoms with E-state index in [1.807, 2.05) is 0 Å². The van der Waals surface area contributed by atoms with Crippen molar-refractivity contribution in [1.29, 1.82) is 0 Å². The number of carbonyl (C=O) groups excluding carboxylic acids is 2. The first kappa shape index (κ1) is 16.3. The first-order chi connectivity index (χ1) is 11.4. The van der Waals surface area contributed by atoms with Gasteiger partial charge < -0.3 is 4.42 Å². The Kier molecular flexibility index (Phi) is 4.20. The van der Waals surface area contributed by atoms with Crippen LogP contribution in [0.15, 0.2) is 34.9 Å². The molecule has 1 aliphatic rings. The number of hydrogen-bond acceptors (Lipinski definition) is 6. The van der Waals surface area contributed by atoms with Crippen molar-refractivity contribution in [2.24, 2.45) is 0 Å². The van der Waals surface area contributed by atoms with Crippen molar-refractivity contribution in [3.63, 3.8) is 0 Å². The van der Waals surface area contributed by atoms with Gasteiger partial charge in [0.25, 0.3) is 11.8 Å². The molecule has 2 heterocycles. The van der Waals surface area contributed by atoms with E-state index in [2.05, 4.69) is 9.71 Å². The highest BCUT2D eigenvalue weighted by atomic mass is 32.2. The molecule has 0 saturated heterocycles. The molecule has 0 unspecified atom stereocenters. The Morgan fingerprint density at radius 2 is 1.79 bits per heavy atom. The molecule has 8 nitrogen and oxygen atoms in total. The van der Waals surface area contributed by atoms with Gasteiger partial charge in [0.1, 0.15) is 5.76 Å². The number of rotatable bonds is 6. The molecule has 0 aliphatic carbocycles. The van der Waals surface area contributed by atoms with Crippen LogP contribution >= 0.6 is 0 Å². The second-order valence-electron chi connectivity index (χ2n) is 5.31. The summed E-state index contributed by atoms with van der Waals surface area (Å²) in [6, 6.07) is 6.41. The minimum Gasteiger partial charge on any atom is -0.445 e. The van der Waals surface area contributed by atoms with Crippen molar-refractivity contribution in [3.8, 4) is 0 Å². The van der Waals surface area contributed by atoms with E-state index < -0.39 is 27.6 Å². The van der Waals surface area contributed by atoms with Crippen LogP contribution in [-0.4, -0.2) is 42.4 Å². The van der Waals surface area contributed by atoms with Crippen molar-refractivity contribution in [2.45, 2.75) is 13.5 Å². The average Bonchev–Trinajstić information content (AvgIpc) is 3.07. The minimum atomic E-state index is -3.69. The summed E-state index contributed by atoms with van der Waals surface area (Å²) in [6.07, 6.45) is 1.49. The topological polar surface area (TPSA) is 110 Å². The van der Waals surface area contributed by atoms with Gasteiger partial charge in [-0.1, -0.05) is 12.1 Å². The second-order valence-corrected chi connectivity index (χ2v) is 7.24. The molecule has 1 aromatic carbocycles. The van der Waals surface area contributed by atoms with Crippen LogP contribution in [0.4, 0.5) is 0 Å². The number of benzene rings is 1. The quantitative estimate of drug-likeness (QED) is 0.769. The third-order valence-electron chi connectivity index (χ3n) is 3.57. The summed E-state index contributed by atoms with van der Waals surface area (Å²) in [5.41, 5.74) is 0.589. The van der Waals surface area contributed by atoms with E-state index in [1.165, 1.54) is 6.20 Å². The fraction of sp³-hybridized carbons (Fsp3) is 0.267. The van der Waals surface area contributed by atoms with Crippen LogP contribution in [0.3, 0.4) is 0 Å². The van der Waals surface area contributed by atoms with Crippen molar-refractivity contribution >= 4 is 21.8 Å². The number of nitrogens with zero attached hydrogens (tertiary/aromatic N) is 2. The van der Waals surface area contributed by atoms with Crippen LogP contribution in [0, 0.1) is 6.92 Å². The monoisotopic (exact) mass is 349 g/mol. The van der Waals surface area contributed by atoms with Crippen molar-refractivity contribution < 1.29 is 22.4 Å². The van der Waals surface area contributed by atoms with Crippen LogP contribution in [0.2, 0.25) is 0 Å². The molecule has 3 rings (SSSR count). The predicted octanol–water partition coefficient (Wildman–Crippen LogP) is 0.699. The minimum absolute atomic E-state index is 0.0850. The zero-order valence-electron chi connectivity index (χ0n) is 12.9. The van der Waals surface area contributed by atoms with Crippen LogP contribution in [-0.2, 0) is 16.6 Å². The van der Waals surface area contributed by atoms with Gasteiger partial charge in [0.2, 0.25) is 15.9 Å². The number of aryl methyl sites for hydroxylation is 1. The first-order valence-electron chi connectivity index (χ1n) is 7.21. The van der Waals surface area contributed by atoms with E-state index in [0.29, 0.717) is 16.9 Å². The van der Waals surface area contributed by atoms with Gasteiger partial charge in [-0.3, -0.25) is 14.5 Å². The molecule has 126 valence electrons. The maximum atomic E-state index is 12.2. The Morgan fingerprint density at radius 1 is 1.17 bits per heavy atom. The lowest BCUT2D eigenvalue weighted by Gasteiger charge is -2.13. The number of amides is 2. The van der Waals surface area contributed by atoms with E-state index in [0.717, 1.165) is 4.90 Å². The van der Waals surface area contributed by atoms with Gasteiger partial charge in [-0.05, 0) is 19.1 Å². The summed E-state index contributed by atoms with van der Waals surface area (Å²) in [5.74, 6) is -0.520. The van der Waals surface area contributed by atoms with E-state index in [9.17, 15) is 18.0 Å². The highest BCUT2D eigenvalue weighted by Gasteiger charge is 2.35. The highest BCUT2D eigenvalue weighted by Crippen LogP contribution is 2.22. The molecule has 1 aliphatic heterocycles. The molecule has 0 fully saturated rings. The summed E-state index contributed by atoms with van der Waals surface area (Å²) in [6.45, 7) is 1.40. The molecule has 24 heavy (non-hydrogen) atoms. The van der Waals surface area contributed by atoms with Crippen molar-refractivity contribution in [3.05, 3.63) is 53.2 Å². The fourth-order valence-corrected chi connectivity index (χ4v) is 3.29. The summed E-state index contributed by atoms with van der Waals surface area (Å²) in [5, 5.41) is 0. The maximum Gasteiger partial charge on any atom is 0.261 e. The molecule has 2 amide bonds. The standard InChI is InChI=1S/C15H15N3O5S/c1-10-8-16-13(23-10)9-17-24(21,22)7-6-18-14(19)11-4-2-3-5-12(11)15(18)20/h2-5,8,17H,6-7,9H2,1H3. The van der Waals surface area contributed by atoms with Crippen LogP contribution in [0.5, 0.6) is 0 Å². The van der Waals surface area contributed by atoms with Gasteiger partial charge in [0.05, 0.1) is 29.6 Å².